The Kier molecular flexibility index (Phi) is 8.22. The molecule has 12 heteroatoms. The van der Waals surface area contributed by atoms with Crippen molar-refractivity contribution >= 4 is 47.5 Å². The van der Waals surface area contributed by atoms with E-state index in [-0.39, 0.29) is 53.6 Å². The summed E-state index contributed by atoms with van der Waals surface area (Å²) in [4.78, 5) is 27.1. The predicted octanol–water partition coefficient (Wildman–Crippen LogP) is 4.97. The number of nitrogens with zero attached hydrogens (tertiary/aromatic N) is 1. The van der Waals surface area contributed by atoms with Gasteiger partial charge in [-0.25, -0.2) is 13.2 Å². The van der Waals surface area contributed by atoms with Crippen molar-refractivity contribution in [2.75, 3.05) is 11.9 Å². The number of halogens is 5. The average Bonchev–Trinajstić information content (AvgIpc) is 2.74. The second-order valence-corrected chi connectivity index (χ2v) is 9.35. The normalized spacial score (nSPS) is 24.1. The monoisotopic (exact) mass is 544 g/mol. The Bertz CT molecular complexity index is 1170. The molecule has 2 aliphatic rings. The lowest BCUT2D eigenvalue weighted by atomic mass is 9.85. The topological polar surface area (TPSA) is 94.5 Å². The molecule has 2 saturated heterocycles. The van der Waals surface area contributed by atoms with E-state index in [2.05, 4.69) is 10.6 Å². The summed E-state index contributed by atoms with van der Waals surface area (Å²) < 4.78 is 46.8. The summed E-state index contributed by atoms with van der Waals surface area (Å²) in [5.74, 6) is -5.32. The first-order chi connectivity index (χ1) is 16.5. The van der Waals surface area contributed by atoms with Crippen LogP contribution in [-0.4, -0.2) is 41.4 Å². The SMILES string of the molecule is C[C@@H]1C[C@H](N2C(=N)N[C@](C)(c3cccc(NC(=O)c4c(F)cc(F)cc4F)c3Cl)CC2=O)CCO1.Cl. The van der Waals surface area contributed by atoms with Crippen molar-refractivity contribution in [1.29, 1.82) is 5.41 Å². The largest absolute Gasteiger partial charge is 0.378 e. The van der Waals surface area contributed by atoms with E-state index in [1.807, 2.05) is 6.92 Å². The number of carbonyl (C=O) groups is 2. The van der Waals surface area contributed by atoms with Gasteiger partial charge in [0.25, 0.3) is 5.91 Å². The molecule has 0 aromatic heterocycles. The minimum atomic E-state index is -1.35. The van der Waals surface area contributed by atoms with Gasteiger partial charge in [0, 0.05) is 24.8 Å². The number of benzene rings is 2. The van der Waals surface area contributed by atoms with Gasteiger partial charge >= 0.3 is 0 Å². The minimum Gasteiger partial charge on any atom is -0.378 e. The number of anilines is 1. The highest BCUT2D eigenvalue weighted by Gasteiger charge is 2.44. The molecule has 2 aliphatic heterocycles. The van der Waals surface area contributed by atoms with Crippen LogP contribution in [0.4, 0.5) is 18.9 Å². The molecule has 2 aromatic carbocycles. The van der Waals surface area contributed by atoms with Crippen LogP contribution in [0.2, 0.25) is 5.02 Å². The summed E-state index contributed by atoms with van der Waals surface area (Å²) in [6.07, 6.45) is 1.20. The van der Waals surface area contributed by atoms with Crippen LogP contribution in [0.25, 0.3) is 0 Å². The molecule has 7 nitrogen and oxygen atoms in total. The molecule has 0 unspecified atom stereocenters. The van der Waals surface area contributed by atoms with E-state index in [9.17, 15) is 22.8 Å². The maximum atomic E-state index is 14.0. The van der Waals surface area contributed by atoms with E-state index in [0.717, 1.165) is 0 Å². The second kappa shape index (κ2) is 10.7. The number of hydrogen-bond acceptors (Lipinski definition) is 4. The summed E-state index contributed by atoms with van der Waals surface area (Å²) in [6.45, 7) is 4.13. The van der Waals surface area contributed by atoms with E-state index in [4.69, 9.17) is 21.7 Å². The lowest BCUT2D eigenvalue weighted by Crippen LogP contribution is -2.63. The molecule has 3 atom stereocenters. The van der Waals surface area contributed by atoms with Crippen molar-refractivity contribution in [1.82, 2.24) is 10.2 Å². The highest BCUT2D eigenvalue weighted by atomic mass is 35.5. The van der Waals surface area contributed by atoms with Crippen molar-refractivity contribution < 1.29 is 27.5 Å². The molecule has 2 heterocycles. The zero-order chi connectivity index (χ0) is 25.5. The zero-order valence-electron chi connectivity index (χ0n) is 19.5. The summed E-state index contributed by atoms with van der Waals surface area (Å²) in [7, 11) is 0. The van der Waals surface area contributed by atoms with Crippen molar-refractivity contribution in [2.24, 2.45) is 0 Å². The predicted molar refractivity (Wildman–Crippen MR) is 131 cm³/mol. The first-order valence-electron chi connectivity index (χ1n) is 11.1. The van der Waals surface area contributed by atoms with Crippen LogP contribution in [0.3, 0.4) is 0 Å². The molecule has 3 N–H and O–H groups in total. The molecule has 0 saturated carbocycles. The molecule has 0 aliphatic carbocycles. The molecule has 2 fully saturated rings. The molecular weight excluding hydrogens is 520 g/mol. The number of hydrogen-bond donors (Lipinski definition) is 3. The highest BCUT2D eigenvalue weighted by molar-refractivity contribution is 6.35. The van der Waals surface area contributed by atoms with Gasteiger partial charge in [-0.2, -0.15) is 0 Å². The Balaban J connectivity index is 0.00000361. The van der Waals surface area contributed by atoms with Gasteiger partial charge in [0.1, 0.15) is 23.0 Å². The Morgan fingerprint density at radius 3 is 2.56 bits per heavy atom. The van der Waals surface area contributed by atoms with Crippen molar-refractivity contribution in [3.8, 4) is 0 Å². The quantitative estimate of drug-likeness (QED) is 0.506. The fourth-order valence-corrected chi connectivity index (χ4v) is 5.02. The number of nitrogens with one attached hydrogen (secondary N) is 3. The van der Waals surface area contributed by atoms with Gasteiger partial charge in [0.2, 0.25) is 5.91 Å². The van der Waals surface area contributed by atoms with Crippen molar-refractivity contribution in [3.05, 3.63) is 63.9 Å². The zero-order valence-corrected chi connectivity index (χ0v) is 21.0. The van der Waals surface area contributed by atoms with E-state index in [0.29, 0.717) is 37.1 Å². The van der Waals surface area contributed by atoms with Gasteiger partial charge in [-0.05, 0) is 38.3 Å². The van der Waals surface area contributed by atoms with Crippen LogP contribution in [-0.2, 0) is 15.1 Å². The van der Waals surface area contributed by atoms with Crippen LogP contribution in [0, 0.1) is 22.9 Å². The van der Waals surface area contributed by atoms with Crippen LogP contribution in [0.1, 0.15) is 49.0 Å². The lowest BCUT2D eigenvalue weighted by molar-refractivity contribution is -0.134. The molecule has 2 amide bonds. The first kappa shape index (κ1) is 27.8. The number of guanidine groups is 1. The van der Waals surface area contributed by atoms with Crippen molar-refractivity contribution in [3.63, 3.8) is 0 Å². The Morgan fingerprint density at radius 1 is 1.28 bits per heavy atom. The number of carbonyl (C=O) groups excluding carboxylic acids is 2. The van der Waals surface area contributed by atoms with E-state index >= 15 is 0 Å². The molecule has 0 bridgehead atoms. The smallest absolute Gasteiger partial charge is 0.261 e. The Labute approximate surface area is 217 Å². The maximum absolute atomic E-state index is 14.0. The van der Waals surface area contributed by atoms with Gasteiger partial charge in [0.15, 0.2) is 5.96 Å². The molecule has 0 spiro atoms. The van der Waals surface area contributed by atoms with Gasteiger partial charge in [-0.3, -0.25) is 19.9 Å². The number of rotatable bonds is 4. The van der Waals surface area contributed by atoms with E-state index in [1.165, 1.54) is 11.0 Å². The summed E-state index contributed by atoms with van der Waals surface area (Å²) in [6, 6.07) is 5.28. The van der Waals surface area contributed by atoms with Crippen LogP contribution in [0.5, 0.6) is 0 Å². The highest BCUT2D eigenvalue weighted by Crippen LogP contribution is 2.38. The third-order valence-corrected chi connectivity index (χ3v) is 6.71. The fraction of sp³-hybridized carbons (Fsp3) is 0.375. The molecule has 4 rings (SSSR count). The molecular formula is C24H25Cl2F3N4O3. The maximum Gasteiger partial charge on any atom is 0.261 e. The second-order valence-electron chi connectivity index (χ2n) is 8.97. The Hall–Kier alpha value is -2.82. The molecule has 194 valence electrons. The standard InChI is InChI=1S/C24H24ClF3N4O3.ClH/c1-12-8-14(6-7-35-12)32-19(33)11-24(2,31-23(32)29)15-4-3-5-18(21(15)25)30-22(34)20-16(27)9-13(26)10-17(20)28;/h3-5,9-10,12,14H,6-8,11H2,1-2H3,(H2,29,31)(H,30,34);1H/t12-,14-,24+;/m1./s1. The average molecular weight is 545 g/mol. The van der Waals surface area contributed by atoms with Gasteiger partial charge in [-0.15, -0.1) is 12.4 Å². The summed E-state index contributed by atoms with van der Waals surface area (Å²) >= 11 is 6.55. The fourth-order valence-electron chi connectivity index (χ4n) is 4.63. The van der Waals surface area contributed by atoms with Gasteiger partial charge in [-0.1, -0.05) is 23.7 Å². The van der Waals surface area contributed by atoms with E-state index in [1.54, 1.807) is 19.1 Å². The minimum absolute atomic E-state index is 0. The van der Waals surface area contributed by atoms with Gasteiger partial charge in [0.05, 0.1) is 28.8 Å². The molecule has 0 radical (unpaired) electrons. The summed E-state index contributed by atoms with van der Waals surface area (Å²) in [5, 5.41) is 14.0. The van der Waals surface area contributed by atoms with Crippen LogP contribution in [0.15, 0.2) is 30.3 Å². The van der Waals surface area contributed by atoms with E-state index < -0.39 is 34.5 Å². The molecule has 2 aromatic rings. The third kappa shape index (κ3) is 5.30. The number of amides is 2. The van der Waals surface area contributed by atoms with Crippen molar-refractivity contribution in [2.45, 2.75) is 50.8 Å². The van der Waals surface area contributed by atoms with Crippen LogP contribution < -0.4 is 10.6 Å². The molecule has 36 heavy (non-hydrogen) atoms. The van der Waals surface area contributed by atoms with Gasteiger partial charge < -0.3 is 15.4 Å². The Morgan fingerprint density at radius 2 is 1.94 bits per heavy atom. The van der Waals surface area contributed by atoms with Crippen LogP contribution >= 0.6 is 24.0 Å². The third-order valence-electron chi connectivity index (χ3n) is 6.31. The lowest BCUT2D eigenvalue weighted by Gasteiger charge is -2.45. The first-order valence-corrected chi connectivity index (χ1v) is 11.4. The number of ether oxygens (including phenoxy) is 1. The summed E-state index contributed by atoms with van der Waals surface area (Å²) in [5.41, 5.74) is -1.57.